The number of hydrogen-bond acceptors (Lipinski definition) is 4. The largest absolute Gasteiger partial charge is 0.486 e. The van der Waals surface area contributed by atoms with Gasteiger partial charge in [-0.3, -0.25) is 9.59 Å². The Morgan fingerprint density at radius 1 is 1.14 bits per heavy atom. The van der Waals surface area contributed by atoms with Crippen molar-refractivity contribution in [3.8, 4) is 11.5 Å². The number of likely N-dealkylation sites (tertiary alicyclic amines) is 1. The molecule has 0 aromatic heterocycles. The first kappa shape index (κ1) is 14.7. The molecule has 1 N–H and O–H groups in total. The summed E-state index contributed by atoms with van der Waals surface area (Å²) in [5.74, 6) is 0.644. The van der Waals surface area contributed by atoms with Crippen LogP contribution in [0.2, 0.25) is 0 Å². The van der Waals surface area contributed by atoms with Gasteiger partial charge in [0.15, 0.2) is 11.5 Å². The molecule has 0 saturated carbocycles. The zero-order chi connectivity index (χ0) is 15.5. The molecule has 0 unspecified atom stereocenters. The Labute approximate surface area is 128 Å². The molecule has 0 bridgehead atoms. The van der Waals surface area contributed by atoms with E-state index in [2.05, 4.69) is 0 Å². The number of carboxylic acids is 1. The highest BCUT2D eigenvalue weighted by Gasteiger charge is 2.25. The van der Waals surface area contributed by atoms with Crippen LogP contribution in [0.4, 0.5) is 0 Å². The van der Waals surface area contributed by atoms with Crippen molar-refractivity contribution in [1.82, 2.24) is 4.90 Å². The van der Waals surface area contributed by atoms with Gasteiger partial charge in [0.2, 0.25) is 0 Å². The summed E-state index contributed by atoms with van der Waals surface area (Å²) in [7, 11) is 0. The van der Waals surface area contributed by atoms with Crippen LogP contribution in [0, 0.1) is 5.92 Å². The molecule has 0 atom stereocenters. The molecule has 6 nitrogen and oxygen atoms in total. The van der Waals surface area contributed by atoms with Crippen LogP contribution in [0.5, 0.6) is 11.5 Å². The van der Waals surface area contributed by atoms with E-state index in [-0.39, 0.29) is 18.2 Å². The molecule has 3 rings (SSSR count). The van der Waals surface area contributed by atoms with E-state index in [0.29, 0.717) is 43.4 Å². The van der Waals surface area contributed by atoms with Gasteiger partial charge in [0.1, 0.15) is 13.2 Å². The van der Waals surface area contributed by atoms with Gasteiger partial charge in [-0.05, 0) is 37.0 Å². The molecular formula is C16H19NO5. The number of ether oxygens (including phenoxy) is 2. The molecule has 2 aliphatic heterocycles. The molecule has 0 radical (unpaired) electrons. The van der Waals surface area contributed by atoms with Crippen LogP contribution in [0.25, 0.3) is 0 Å². The number of carboxylic acid groups (broad SMARTS) is 1. The molecule has 1 aromatic carbocycles. The quantitative estimate of drug-likeness (QED) is 0.921. The van der Waals surface area contributed by atoms with Gasteiger partial charge in [-0.15, -0.1) is 0 Å². The van der Waals surface area contributed by atoms with Crippen molar-refractivity contribution < 1.29 is 24.2 Å². The van der Waals surface area contributed by atoms with Gasteiger partial charge < -0.3 is 19.5 Å². The first-order valence-electron chi connectivity index (χ1n) is 7.54. The van der Waals surface area contributed by atoms with E-state index in [1.165, 1.54) is 0 Å². The topological polar surface area (TPSA) is 76.1 Å². The maximum atomic E-state index is 12.5. The zero-order valence-corrected chi connectivity index (χ0v) is 12.3. The first-order chi connectivity index (χ1) is 10.6. The smallest absolute Gasteiger partial charge is 0.303 e. The first-order valence-corrected chi connectivity index (χ1v) is 7.54. The van der Waals surface area contributed by atoms with Crippen molar-refractivity contribution in [3.05, 3.63) is 23.8 Å². The molecule has 0 aliphatic carbocycles. The van der Waals surface area contributed by atoms with Crippen LogP contribution >= 0.6 is 0 Å². The second-order valence-corrected chi connectivity index (χ2v) is 5.69. The number of aliphatic carboxylic acids is 1. The number of piperidine rings is 1. The highest BCUT2D eigenvalue weighted by molar-refractivity contribution is 5.95. The van der Waals surface area contributed by atoms with Crippen LogP contribution in [0.15, 0.2) is 18.2 Å². The van der Waals surface area contributed by atoms with E-state index in [1.54, 1.807) is 23.1 Å². The molecule has 1 amide bonds. The van der Waals surface area contributed by atoms with Gasteiger partial charge >= 0.3 is 5.97 Å². The van der Waals surface area contributed by atoms with E-state index in [9.17, 15) is 9.59 Å². The number of hydrogen-bond donors (Lipinski definition) is 1. The number of carbonyl (C=O) groups excluding carboxylic acids is 1. The number of amides is 1. The molecular weight excluding hydrogens is 286 g/mol. The molecule has 22 heavy (non-hydrogen) atoms. The van der Waals surface area contributed by atoms with E-state index in [4.69, 9.17) is 14.6 Å². The third-order valence-electron chi connectivity index (χ3n) is 4.15. The molecule has 1 fully saturated rings. The molecule has 0 spiro atoms. The predicted molar refractivity (Wildman–Crippen MR) is 78.3 cm³/mol. The van der Waals surface area contributed by atoms with Crippen molar-refractivity contribution in [2.45, 2.75) is 19.3 Å². The van der Waals surface area contributed by atoms with Gasteiger partial charge in [-0.1, -0.05) is 0 Å². The van der Waals surface area contributed by atoms with Gasteiger partial charge in [-0.2, -0.15) is 0 Å². The van der Waals surface area contributed by atoms with Crippen LogP contribution < -0.4 is 9.47 Å². The molecule has 118 valence electrons. The molecule has 1 aromatic rings. The summed E-state index contributed by atoms with van der Waals surface area (Å²) in [4.78, 5) is 25.0. The number of fused-ring (bicyclic) bond motifs is 1. The number of nitrogens with zero attached hydrogens (tertiary/aromatic N) is 1. The predicted octanol–water partition coefficient (Wildman–Crippen LogP) is 1.78. The van der Waals surface area contributed by atoms with E-state index in [0.717, 1.165) is 12.8 Å². The van der Waals surface area contributed by atoms with Crippen LogP contribution in [0.3, 0.4) is 0 Å². The van der Waals surface area contributed by atoms with Crippen LogP contribution in [-0.4, -0.2) is 48.2 Å². The number of benzene rings is 1. The Kier molecular flexibility index (Phi) is 4.18. The third kappa shape index (κ3) is 3.16. The minimum Gasteiger partial charge on any atom is -0.486 e. The Balaban J connectivity index is 1.64. The van der Waals surface area contributed by atoms with Gasteiger partial charge in [-0.25, -0.2) is 0 Å². The Morgan fingerprint density at radius 2 is 1.82 bits per heavy atom. The molecule has 2 aliphatic rings. The van der Waals surface area contributed by atoms with Crippen LogP contribution in [0.1, 0.15) is 29.6 Å². The Hall–Kier alpha value is -2.24. The Bertz CT molecular complexity index is 578. The monoisotopic (exact) mass is 305 g/mol. The molecule has 6 heteroatoms. The standard InChI is InChI=1S/C16H19NO5/c18-15(19)9-11-3-5-17(6-4-11)16(20)12-1-2-13-14(10-12)22-8-7-21-13/h1-2,10-11H,3-9H2,(H,18,19). The zero-order valence-electron chi connectivity index (χ0n) is 12.3. The minimum absolute atomic E-state index is 0.0363. The number of rotatable bonds is 3. The second-order valence-electron chi connectivity index (χ2n) is 5.69. The average Bonchev–Trinajstić information content (AvgIpc) is 2.54. The fourth-order valence-electron chi connectivity index (χ4n) is 2.95. The lowest BCUT2D eigenvalue weighted by atomic mass is 9.93. The summed E-state index contributed by atoms with van der Waals surface area (Å²) in [5.41, 5.74) is 0.584. The summed E-state index contributed by atoms with van der Waals surface area (Å²) >= 11 is 0. The van der Waals surface area contributed by atoms with Crippen LogP contribution in [-0.2, 0) is 4.79 Å². The van der Waals surface area contributed by atoms with Crippen molar-refractivity contribution >= 4 is 11.9 Å². The Morgan fingerprint density at radius 3 is 2.50 bits per heavy atom. The lowest BCUT2D eigenvalue weighted by Gasteiger charge is -2.31. The maximum absolute atomic E-state index is 12.5. The fraction of sp³-hybridized carbons (Fsp3) is 0.500. The second kappa shape index (κ2) is 6.25. The van der Waals surface area contributed by atoms with E-state index < -0.39 is 5.97 Å². The molecule has 2 heterocycles. The van der Waals surface area contributed by atoms with Crippen molar-refractivity contribution in [2.24, 2.45) is 5.92 Å². The molecule has 1 saturated heterocycles. The van der Waals surface area contributed by atoms with Crippen molar-refractivity contribution in [3.63, 3.8) is 0 Å². The summed E-state index contributed by atoms with van der Waals surface area (Å²) in [6.07, 6.45) is 1.66. The lowest BCUT2D eigenvalue weighted by Crippen LogP contribution is -2.38. The third-order valence-corrected chi connectivity index (χ3v) is 4.15. The highest BCUT2D eigenvalue weighted by Crippen LogP contribution is 2.31. The normalized spacial score (nSPS) is 18.1. The fourth-order valence-corrected chi connectivity index (χ4v) is 2.95. The summed E-state index contributed by atoms with van der Waals surface area (Å²) < 4.78 is 11.0. The van der Waals surface area contributed by atoms with Gasteiger partial charge in [0.25, 0.3) is 5.91 Å². The maximum Gasteiger partial charge on any atom is 0.303 e. The summed E-state index contributed by atoms with van der Waals surface area (Å²) in [6.45, 7) is 2.22. The van der Waals surface area contributed by atoms with Gasteiger partial charge in [0.05, 0.1) is 0 Å². The van der Waals surface area contributed by atoms with Crippen molar-refractivity contribution in [2.75, 3.05) is 26.3 Å². The van der Waals surface area contributed by atoms with Crippen molar-refractivity contribution in [1.29, 1.82) is 0 Å². The minimum atomic E-state index is -0.767. The lowest BCUT2D eigenvalue weighted by molar-refractivity contribution is -0.138. The van der Waals surface area contributed by atoms with E-state index in [1.807, 2.05) is 0 Å². The summed E-state index contributed by atoms with van der Waals surface area (Å²) in [6, 6.07) is 5.23. The number of carbonyl (C=O) groups is 2. The van der Waals surface area contributed by atoms with Gasteiger partial charge in [0, 0.05) is 25.1 Å². The highest BCUT2D eigenvalue weighted by atomic mass is 16.6. The summed E-state index contributed by atoms with van der Waals surface area (Å²) in [5, 5.41) is 8.83. The SMILES string of the molecule is O=C(O)CC1CCN(C(=O)c2ccc3c(c2)OCCO3)CC1. The average molecular weight is 305 g/mol. The van der Waals surface area contributed by atoms with E-state index >= 15 is 0 Å².